The summed E-state index contributed by atoms with van der Waals surface area (Å²) in [5.41, 5.74) is 15.6. The standard InChI is InChI=1S/C18H17ClN6OS/c1-26-11-3-5-13-14(8-11)23-18(22-13)27-15-7-9-6-10(19)2-4-12(9)16(15)24-25-17(20)21/h2-6,8,15H,7H2,1H3,(H,22,23)(H4,20,21,25)/b24-16+. The second-order valence-corrected chi connectivity index (χ2v) is 7.68. The molecule has 0 spiro atoms. The zero-order chi connectivity index (χ0) is 19.0. The third-order valence-electron chi connectivity index (χ3n) is 4.25. The van der Waals surface area contributed by atoms with Crippen LogP contribution in [0.1, 0.15) is 11.1 Å². The number of nitrogens with one attached hydrogen (secondary N) is 1. The molecule has 2 aromatic carbocycles. The highest BCUT2D eigenvalue weighted by Crippen LogP contribution is 2.36. The van der Waals surface area contributed by atoms with E-state index in [1.165, 1.54) is 0 Å². The Bertz CT molecular complexity index is 1070. The van der Waals surface area contributed by atoms with Crippen LogP contribution in [0.2, 0.25) is 5.02 Å². The Morgan fingerprint density at radius 1 is 1.30 bits per heavy atom. The highest BCUT2D eigenvalue weighted by Gasteiger charge is 2.31. The van der Waals surface area contributed by atoms with Gasteiger partial charge in [-0.1, -0.05) is 29.4 Å². The Morgan fingerprint density at radius 2 is 2.15 bits per heavy atom. The average Bonchev–Trinajstić information content (AvgIpc) is 3.18. The first-order chi connectivity index (χ1) is 13.0. The number of halogens is 1. The molecule has 138 valence electrons. The lowest BCUT2D eigenvalue weighted by molar-refractivity contribution is 0.415. The van der Waals surface area contributed by atoms with E-state index in [0.717, 1.165) is 45.2 Å². The minimum Gasteiger partial charge on any atom is -0.497 e. The number of fused-ring (bicyclic) bond motifs is 2. The van der Waals surface area contributed by atoms with Gasteiger partial charge in [0, 0.05) is 16.7 Å². The van der Waals surface area contributed by atoms with Crippen LogP contribution >= 0.6 is 23.4 Å². The van der Waals surface area contributed by atoms with Gasteiger partial charge in [-0.15, -0.1) is 5.10 Å². The van der Waals surface area contributed by atoms with E-state index in [9.17, 15) is 0 Å². The highest BCUT2D eigenvalue weighted by molar-refractivity contribution is 8.00. The lowest BCUT2D eigenvalue weighted by atomic mass is 10.1. The van der Waals surface area contributed by atoms with Crippen molar-refractivity contribution in [2.24, 2.45) is 21.7 Å². The maximum absolute atomic E-state index is 6.14. The molecule has 1 aromatic heterocycles. The van der Waals surface area contributed by atoms with Crippen LogP contribution in [0.25, 0.3) is 11.0 Å². The minimum atomic E-state index is -0.0792. The summed E-state index contributed by atoms with van der Waals surface area (Å²) in [6.07, 6.45) is 0.764. The van der Waals surface area contributed by atoms with Gasteiger partial charge in [0.1, 0.15) is 5.75 Å². The van der Waals surface area contributed by atoms with Crippen molar-refractivity contribution in [1.29, 1.82) is 0 Å². The van der Waals surface area contributed by atoms with Crippen LogP contribution in [0, 0.1) is 0 Å². The first-order valence-electron chi connectivity index (χ1n) is 8.19. The van der Waals surface area contributed by atoms with E-state index >= 15 is 0 Å². The van der Waals surface area contributed by atoms with Crippen molar-refractivity contribution in [3.8, 4) is 5.75 Å². The number of guanidine groups is 1. The molecule has 1 heterocycles. The van der Waals surface area contributed by atoms with Crippen LogP contribution < -0.4 is 16.2 Å². The predicted octanol–water partition coefficient (Wildman–Crippen LogP) is 2.92. The van der Waals surface area contributed by atoms with Crippen LogP contribution in [0.4, 0.5) is 0 Å². The van der Waals surface area contributed by atoms with Gasteiger partial charge in [-0.3, -0.25) is 0 Å². The molecule has 0 amide bonds. The Labute approximate surface area is 164 Å². The number of H-pyrrole nitrogens is 1. The third kappa shape index (κ3) is 3.58. The van der Waals surface area contributed by atoms with Gasteiger partial charge in [-0.25, -0.2) is 4.98 Å². The second kappa shape index (κ2) is 7.13. The van der Waals surface area contributed by atoms with Crippen molar-refractivity contribution in [3.63, 3.8) is 0 Å². The molecule has 0 saturated heterocycles. The van der Waals surface area contributed by atoms with Gasteiger partial charge in [0.05, 0.1) is 29.1 Å². The maximum Gasteiger partial charge on any atom is 0.211 e. The first-order valence-corrected chi connectivity index (χ1v) is 9.45. The zero-order valence-electron chi connectivity index (χ0n) is 14.4. The number of aromatic amines is 1. The molecule has 0 bridgehead atoms. The molecule has 3 aromatic rings. The van der Waals surface area contributed by atoms with Crippen LogP contribution in [0.3, 0.4) is 0 Å². The summed E-state index contributed by atoms with van der Waals surface area (Å²) in [6.45, 7) is 0. The number of nitrogens with zero attached hydrogens (tertiary/aromatic N) is 3. The van der Waals surface area contributed by atoms with Crippen LogP contribution in [-0.4, -0.2) is 34.0 Å². The van der Waals surface area contributed by atoms with Crippen LogP contribution in [-0.2, 0) is 6.42 Å². The number of methoxy groups -OCH3 is 1. The summed E-state index contributed by atoms with van der Waals surface area (Å²) >= 11 is 7.72. The van der Waals surface area contributed by atoms with Gasteiger partial charge in [-0.05, 0) is 36.2 Å². The van der Waals surface area contributed by atoms with Gasteiger partial charge in [-0.2, -0.15) is 5.10 Å². The number of rotatable bonds is 4. The number of nitrogens with two attached hydrogens (primary N) is 2. The smallest absolute Gasteiger partial charge is 0.211 e. The fourth-order valence-corrected chi connectivity index (χ4v) is 4.39. The molecule has 0 radical (unpaired) electrons. The first kappa shape index (κ1) is 17.7. The minimum absolute atomic E-state index is 0.0176. The van der Waals surface area contributed by atoms with Gasteiger partial charge >= 0.3 is 0 Å². The highest BCUT2D eigenvalue weighted by atomic mass is 35.5. The monoisotopic (exact) mass is 400 g/mol. The molecule has 0 aliphatic heterocycles. The molecule has 1 atom stereocenters. The van der Waals surface area contributed by atoms with Gasteiger partial charge in [0.25, 0.3) is 0 Å². The molecular formula is C18H17ClN6OS. The number of aromatic nitrogens is 2. The fourth-order valence-electron chi connectivity index (χ4n) is 3.06. The van der Waals surface area contributed by atoms with E-state index in [1.54, 1.807) is 18.9 Å². The van der Waals surface area contributed by atoms with E-state index < -0.39 is 0 Å². The third-order valence-corrected chi connectivity index (χ3v) is 5.57. The van der Waals surface area contributed by atoms with E-state index in [0.29, 0.717) is 5.02 Å². The molecule has 4 rings (SSSR count). The number of benzene rings is 2. The molecule has 9 heteroatoms. The van der Waals surface area contributed by atoms with Crippen molar-refractivity contribution in [3.05, 3.63) is 52.5 Å². The van der Waals surface area contributed by atoms with Gasteiger partial charge in [0.15, 0.2) is 5.16 Å². The van der Waals surface area contributed by atoms with Crippen molar-refractivity contribution in [2.75, 3.05) is 7.11 Å². The SMILES string of the molecule is COc1ccc2nc(SC3Cc4cc(Cl)ccc4/C3=N\N=C(N)N)[nH]c2c1. The number of ether oxygens (including phenoxy) is 1. The Hall–Kier alpha value is -2.71. The number of imidazole rings is 1. The summed E-state index contributed by atoms with van der Waals surface area (Å²) in [7, 11) is 1.64. The quantitative estimate of drug-likeness (QED) is 0.354. The summed E-state index contributed by atoms with van der Waals surface area (Å²) in [5.74, 6) is 0.699. The van der Waals surface area contributed by atoms with Crippen molar-refractivity contribution >= 4 is 46.1 Å². The average molecular weight is 401 g/mol. The molecule has 7 nitrogen and oxygen atoms in total. The molecule has 1 unspecified atom stereocenters. The second-order valence-electron chi connectivity index (χ2n) is 6.05. The summed E-state index contributed by atoms with van der Waals surface area (Å²) in [6, 6.07) is 11.5. The Kier molecular flexibility index (Phi) is 4.67. The van der Waals surface area contributed by atoms with Gasteiger partial charge < -0.3 is 21.2 Å². The Balaban J connectivity index is 1.68. The van der Waals surface area contributed by atoms with Crippen LogP contribution in [0.15, 0.2) is 51.8 Å². The van der Waals surface area contributed by atoms with E-state index in [2.05, 4.69) is 20.2 Å². The molecule has 1 aliphatic carbocycles. The molecule has 5 N–H and O–H groups in total. The van der Waals surface area contributed by atoms with Gasteiger partial charge in [0.2, 0.25) is 5.96 Å². The number of hydrogen-bond acceptors (Lipinski definition) is 5. The van der Waals surface area contributed by atoms with Crippen molar-refractivity contribution in [1.82, 2.24) is 9.97 Å². The van der Waals surface area contributed by atoms with E-state index in [-0.39, 0.29) is 11.2 Å². The van der Waals surface area contributed by atoms with E-state index in [4.69, 9.17) is 27.8 Å². The summed E-state index contributed by atoms with van der Waals surface area (Å²) in [5, 5.41) is 9.63. The van der Waals surface area contributed by atoms with Crippen molar-refractivity contribution < 1.29 is 4.74 Å². The molecule has 27 heavy (non-hydrogen) atoms. The van der Waals surface area contributed by atoms with Crippen molar-refractivity contribution in [2.45, 2.75) is 16.8 Å². The number of hydrogen-bond donors (Lipinski definition) is 3. The molecule has 0 saturated carbocycles. The summed E-state index contributed by atoms with van der Waals surface area (Å²) < 4.78 is 5.27. The maximum atomic E-state index is 6.14. The topological polar surface area (TPSA) is 115 Å². The fraction of sp³-hybridized carbons (Fsp3) is 0.167. The molecule has 0 fully saturated rings. The molecule has 1 aliphatic rings. The van der Waals surface area contributed by atoms with E-state index in [1.807, 2.05) is 36.4 Å². The normalized spacial score (nSPS) is 17.3. The predicted molar refractivity (Wildman–Crippen MR) is 110 cm³/mol. The molecular weight excluding hydrogens is 384 g/mol. The Morgan fingerprint density at radius 3 is 2.93 bits per heavy atom. The van der Waals surface area contributed by atoms with Crippen LogP contribution in [0.5, 0.6) is 5.75 Å². The summed E-state index contributed by atoms with van der Waals surface area (Å²) in [4.78, 5) is 7.97. The number of thioether (sulfide) groups is 1. The lowest BCUT2D eigenvalue weighted by Gasteiger charge is -2.07. The zero-order valence-corrected chi connectivity index (χ0v) is 16.0. The lowest BCUT2D eigenvalue weighted by Crippen LogP contribution is -2.22. The largest absolute Gasteiger partial charge is 0.497 e.